The molecule has 0 atom stereocenters. The van der Waals surface area contributed by atoms with Crippen LogP contribution < -0.4 is 5.32 Å². The molecule has 6 heteroatoms. The SMILES string of the molecule is CNc1ncc(F)c(SCCO)n1. The summed E-state index contributed by atoms with van der Waals surface area (Å²) < 4.78 is 13.0. The van der Waals surface area contributed by atoms with Gasteiger partial charge in [-0.15, -0.1) is 11.8 Å². The summed E-state index contributed by atoms with van der Waals surface area (Å²) in [5, 5.41) is 11.5. The van der Waals surface area contributed by atoms with Gasteiger partial charge in [0.25, 0.3) is 0 Å². The van der Waals surface area contributed by atoms with Crippen molar-refractivity contribution in [1.29, 1.82) is 0 Å². The van der Waals surface area contributed by atoms with Crippen molar-refractivity contribution in [2.75, 3.05) is 24.7 Å². The molecule has 1 heterocycles. The number of rotatable bonds is 4. The van der Waals surface area contributed by atoms with Gasteiger partial charge in [-0.2, -0.15) is 0 Å². The van der Waals surface area contributed by atoms with E-state index >= 15 is 0 Å². The zero-order valence-corrected chi connectivity index (χ0v) is 7.94. The number of hydrogen-bond acceptors (Lipinski definition) is 5. The van der Waals surface area contributed by atoms with Gasteiger partial charge in [0.2, 0.25) is 5.95 Å². The molecule has 0 aliphatic heterocycles. The second kappa shape index (κ2) is 4.98. The van der Waals surface area contributed by atoms with Gasteiger partial charge in [0.1, 0.15) is 5.03 Å². The van der Waals surface area contributed by atoms with Gasteiger partial charge in [-0.05, 0) is 0 Å². The number of halogens is 1. The minimum atomic E-state index is -0.461. The van der Waals surface area contributed by atoms with E-state index in [0.717, 1.165) is 18.0 Å². The summed E-state index contributed by atoms with van der Waals surface area (Å²) in [6.45, 7) is 0.00297. The van der Waals surface area contributed by atoms with Crippen LogP contribution in [0, 0.1) is 5.82 Å². The maximum Gasteiger partial charge on any atom is 0.223 e. The summed E-state index contributed by atoms with van der Waals surface area (Å²) in [5.74, 6) is 0.344. The Morgan fingerprint density at radius 3 is 3.08 bits per heavy atom. The quantitative estimate of drug-likeness (QED) is 0.558. The summed E-state index contributed by atoms with van der Waals surface area (Å²) in [7, 11) is 1.66. The number of nitrogens with one attached hydrogen (secondary N) is 1. The Bertz CT molecular complexity index is 284. The monoisotopic (exact) mass is 203 g/mol. The van der Waals surface area contributed by atoms with Gasteiger partial charge in [-0.1, -0.05) is 0 Å². The van der Waals surface area contributed by atoms with Gasteiger partial charge in [-0.25, -0.2) is 14.4 Å². The summed E-state index contributed by atoms with van der Waals surface area (Å²) in [4.78, 5) is 7.58. The molecule has 0 aliphatic rings. The van der Waals surface area contributed by atoms with Crippen LogP contribution in [0.5, 0.6) is 0 Å². The van der Waals surface area contributed by atoms with Crippen molar-refractivity contribution < 1.29 is 9.50 Å². The molecule has 0 radical (unpaired) electrons. The molecule has 0 aliphatic carbocycles. The lowest BCUT2D eigenvalue weighted by atomic mass is 10.6. The predicted molar refractivity (Wildman–Crippen MR) is 49.3 cm³/mol. The van der Waals surface area contributed by atoms with Gasteiger partial charge in [0.15, 0.2) is 5.82 Å². The highest BCUT2D eigenvalue weighted by Crippen LogP contribution is 2.18. The fourth-order valence-corrected chi connectivity index (χ4v) is 1.34. The number of thioether (sulfide) groups is 1. The van der Waals surface area contributed by atoms with Crippen molar-refractivity contribution in [3.63, 3.8) is 0 Å². The van der Waals surface area contributed by atoms with Crippen molar-refractivity contribution in [1.82, 2.24) is 9.97 Å². The number of nitrogens with zero attached hydrogens (tertiary/aromatic N) is 2. The van der Waals surface area contributed by atoms with E-state index in [1.165, 1.54) is 0 Å². The average molecular weight is 203 g/mol. The number of anilines is 1. The normalized spacial score (nSPS) is 10.1. The van der Waals surface area contributed by atoms with Crippen LogP contribution in [0.3, 0.4) is 0 Å². The highest BCUT2D eigenvalue weighted by molar-refractivity contribution is 7.99. The van der Waals surface area contributed by atoms with E-state index in [-0.39, 0.29) is 11.6 Å². The lowest BCUT2D eigenvalue weighted by molar-refractivity contribution is 0.322. The molecule has 1 rings (SSSR count). The van der Waals surface area contributed by atoms with Crippen LogP contribution in [0.2, 0.25) is 0 Å². The second-order valence-electron chi connectivity index (χ2n) is 2.17. The fourth-order valence-electron chi connectivity index (χ4n) is 0.715. The Hall–Kier alpha value is -0.880. The molecule has 0 spiro atoms. The van der Waals surface area contributed by atoms with E-state index in [4.69, 9.17) is 5.11 Å². The molecule has 0 saturated carbocycles. The number of aliphatic hydroxyl groups is 1. The van der Waals surface area contributed by atoms with E-state index in [1.54, 1.807) is 7.05 Å². The van der Waals surface area contributed by atoms with Crippen molar-refractivity contribution >= 4 is 17.7 Å². The van der Waals surface area contributed by atoms with E-state index in [0.29, 0.717) is 11.7 Å². The lowest BCUT2D eigenvalue weighted by Gasteiger charge is -2.02. The molecular formula is C7H10FN3OS. The smallest absolute Gasteiger partial charge is 0.223 e. The number of hydrogen-bond donors (Lipinski definition) is 2. The Labute approximate surface area is 79.6 Å². The molecule has 72 valence electrons. The van der Waals surface area contributed by atoms with Gasteiger partial charge in [-0.3, -0.25) is 0 Å². The first kappa shape index (κ1) is 10.2. The van der Waals surface area contributed by atoms with Crippen molar-refractivity contribution in [3.8, 4) is 0 Å². The highest BCUT2D eigenvalue weighted by Gasteiger charge is 2.05. The minimum Gasteiger partial charge on any atom is -0.396 e. The van der Waals surface area contributed by atoms with Crippen molar-refractivity contribution in [3.05, 3.63) is 12.0 Å². The van der Waals surface area contributed by atoms with Crippen LogP contribution in [0.4, 0.5) is 10.3 Å². The second-order valence-corrected chi connectivity index (χ2v) is 3.25. The van der Waals surface area contributed by atoms with Crippen LogP contribution >= 0.6 is 11.8 Å². The summed E-state index contributed by atoms with van der Waals surface area (Å²) in [6, 6.07) is 0. The third-order valence-corrected chi connectivity index (χ3v) is 2.21. The molecule has 0 fully saturated rings. The standard InChI is InChI=1S/C7H10FN3OS/c1-9-7-10-4-5(8)6(11-7)13-3-2-12/h4,12H,2-3H2,1H3,(H,9,10,11). The van der Waals surface area contributed by atoms with Gasteiger partial charge >= 0.3 is 0 Å². The van der Waals surface area contributed by atoms with E-state index in [1.807, 2.05) is 0 Å². The molecule has 1 aromatic rings. The molecular weight excluding hydrogens is 193 g/mol. The molecule has 1 aromatic heterocycles. The Morgan fingerprint density at radius 1 is 1.69 bits per heavy atom. The first-order valence-electron chi connectivity index (χ1n) is 3.72. The lowest BCUT2D eigenvalue weighted by Crippen LogP contribution is -1.99. The first-order valence-corrected chi connectivity index (χ1v) is 4.70. The summed E-state index contributed by atoms with van der Waals surface area (Å²) in [6.07, 6.45) is 1.11. The molecule has 4 nitrogen and oxygen atoms in total. The molecule has 13 heavy (non-hydrogen) atoms. The topological polar surface area (TPSA) is 58.0 Å². The molecule has 0 amide bonds. The minimum absolute atomic E-state index is 0.00297. The average Bonchev–Trinajstić information content (AvgIpc) is 2.17. The van der Waals surface area contributed by atoms with Crippen molar-refractivity contribution in [2.45, 2.75) is 5.03 Å². The maximum atomic E-state index is 13.0. The largest absolute Gasteiger partial charge is 0.396 e. The van der Waals surface area contributed by atoms with Crippen LogP contribution in [0.25, 0.3) is 0 Å². The third-order valence-electron chi connectivity index (χ3n) is 1.27. The molecule has 0 saturated heterocycles. The summed E-state index contributed by atoms with van der Waals surface area (Å²) >= 11 is 1.16. The van der Waals surface area contributed by atoms with Gasteiger partial charge in [0.05, 0.1) is 12.8 Å². The van der Waals surface area contributed by atoms with Crippen LogP contribution in [0.15, 0.2) is 11.2 Å². The molecule has 0 bridgehead atoms. The van der Waals surface area contributed by atoms with Crippen LogP contribution in [-0.4, -0.2) is 34.5 Å². The van der Waals surface area contributed by atoms with E-state index < -0.39 is 5.82 Å². The van der Waals surface area contributed by atoms with Gasteiger partial charge < -0.3 is 10.4 Å². The van der Waals surface area contributed by atoms with E-state index in [9.17, 15) is 4.39 Å². The Kier molecular flexibility index (Phi) is 3.91. The molecule has 2 N–H and O–H groups in total. The highest BCUT2D eigenvalue weighted by atomic mass is 32.2. The molecule has 0 unspecified atom stereocenters. The zero-order chi connectivity index (χ0) is 9.68. The van der Waals surface area contributed by atoms with Gasteiger partial charge in [0, 0.05) is 12.8 Å². The maximum absolute atomic E-state index is 13.0. The van der Waals surface area contributed by atoms with Crippen LogP contribution in [-0.2, 0) is 0 Å². The summed E-state index contributed by atoms with van der Waals surface area (Å²) in [5.41, 5.74) is 0. The molecule has 0 aromatic carbocycles. The van der Waals surface area contributed by atoms with E-state index in [2.05, 4.69) is 15.3 Å². The van der Waals surface area contributed by atoms with Crippen LogP contribution in [0.1, 0.15) is 0 Å². The Balaban J connectivity index is 2.78. The fraction of sp³-hybridized carbons (Fsp3) is 0.429. The Morgan fingerprint density at radius 2 is 2.46 bits per heavy atom. The third kappa shape index (κ3) is 2.82. The predicted octanol–water partition coefficient (Wildman–Crippen LogP) is 0.742. The number of aromatic nitrogens is 2. The number of aliphatic hydroxyl groups excluding tert-OH is 1. The first-order chi connectivity index (χ1) is 6.27. The van der Waals surface area contributed by atoms with Crippen molar-refractivity contribution in [2.24, 2.45) is 0 Å². The zero-order valence-electron chi connectivity index (χ0n) is 7.12.